The summed E-state index contributed by atoms with van der Waals surface area (Å²) in [5, 5.41) is 0. The minimum absolute atomic E-state index is 0. The molecule has 164 valence electrons. The van der Waals surface area contributed by atoms with Crippen LogP contribution in [0.5, 0.6) is 0 Å². The molecule has 7 atom stereocenters. The van der Waals surface area contributed by atoms with Gasteiger partial charge in [0.2, 0.25) is 0 Å². The van der Waals surface area contributed by atoms with Crippen LogP contribution in [0, 0.1) is 31.1 Å². The first-order valence-electron chi connectivity index (χ1n) is 11.1. The van der Waals surface area contributed by atoms with Crippen molar-refractivity contribution in [3.63, 3.8) is 0 Å². The van der Waals surface area contributed by atoms with Crippen LogP contribution in [0.25, 0.3) is 4.98 Å². The standard InChI is InChI=1S/C21H38NOSi.CH3.2ClH.Ti/c1-21(2,3)22-24(4,5)20-15-11-7-6-10-14(15)18-16-12-8-9-13-17(16)23-19(18)20;;;;/h14-20H,6-13H2,1-5H3;1H3;2*1H;/q2*-1;;;+2/p-2. The van der Waals surface area contributed by atoms with Crippen LogP contribution in [0.2, 0.25) is 18.6 Å². The number of nitrogens with zero attached hydrogens (tertiary/aromatic N) is 1. The SMILES string of the molecule is CC(C)(C)[N-][Si](C)(C)C1C2CCCCC2C2C3CCCCC3OC21.[CH3-].[Cl][Ti][Cl]. The van der Waals surface area contributed by atoms with Crippen LogP contribution in [-0.4, -0.2) is 26.0 Å². The molecule has 0 bridgehead atoms. The molecule has 1 saturated heterocycles. The van der Waals surface area contributed by atoms with Crippen molar-refractivity contribution in [2.75, 3.05) is 0 Å². The number of halogens is 2. The summed E-state index contributed by atoms with van der Waals surface area (Å²) in [5.41, 5.74) is 0.876. The van der Waals surface area contributed by atoms with E-state index in [0.29, 0.717) is 12.2 Å². The first-order chi connectivity index (χ1) is 12.7. The Morgan fingerprint density at radius 3 is 1.96 bits per heavy atom. The monoisotopic (exact) mass is 481 g/mol. The number of rotatable bonds is 2. The summed E-state index contributed by atoms with van der Waals surface area (Å²) >= 11 is -0.556. The summed E-state index contributed by atoms with van der Waals surface area (Å²) < 4.78 is 6.87. The van der Waals surface area contributed by atoms with Crippen molar-refractivity contribution in [1.29, 1.82) is 0 Å². The predicted molar refractivity (Wildman–Crippen MR) is 122 cm³/mol. The maximum absolute atomic E-state index is 6.87. The van der Waals surface area contributed by atoms with E-state index in [1.165, 1.54) is 51.4 Å². The van der Waals surface area contributed by atoms with Gasteiger partial charge in [-0.1, -0.05) is 74.2 Å². The van der Waals surface area contributed by atoms with Gasteiger partial charge >= 0.3 is 35.6 Å². The van der Waals surface area contributed by atoms with Crippen molar-refractivity contribution in [3.05, 3.63) is 12.4 Å². The van der Waals surface area contributed by atoms with Gasteiger partial charge in [-0.15, -0.1) is 5.54 Å². The van der Waals surface area contributed by atoms with E-state index in [4.69, 9.17) is 28.3 Å². The van der Waals surface area contributed by atoms with Crippen molar-refractivity contribution >= 4 is 26.8 Å². The van der Waals surface area contributed by atoms with Crippen LogP contribution in [-0.2, 0) is 21.8 Å². The van der Waals surface area contributed by atoms with Gasteiger partial charge in [-0.25, -0.2) is 0 Å². The molecule has 4 fully saturated rings. The Hall–Kier alpha value is 1.43. The van der Waals surface area contributed by atoms with Gasteiger partial charge in [-0.2, -0.15) is 0 Å². The molecule has 0 aromatic carbocycles. The van der Waals surface area contributed by atoms with E-state index >= 15 is 0 Å². The second kappa shape index (κ2) is 10.4. The summed E-state index contributed by atoms with van der Waals surface area (Å²) in [7, 11) is 8.11. The molecule has 0 radical (unpaired) electrons. The Labute approximate surface area is 192 Å². The van der Waals surface area contributed by atoms with Gasteiger partial charge < -0.3 is 17.1 Å². The Kier molecular flexibility index (Phi) is 9.51. The predicted octanol–water partition coefficient (Wildman–Crippen LogP) is 7.95. The minimum atomic E-state index is -1.66. The molecular formula is C22H41Cl2NOSiTi-2. The molecule has 6 heteroatoms. The van der Waals surface area contributed by atoms with Gasteiger partial charge in [0.25, 0.3) is 0 Å². The summed E-state index contributed by atoms with van der Waals surface area (Å²) in [5.74, 6) is 3.65. The third-order valence-electron chi connectivity index (χ3n) is 7.58. The summed E-state index contributed by atoms with van der Waals surface area (Å²) in [6.07, 6.45) is 12.6. The van der Waals surface area contributed by atoms with Crippen LogP contribution in [0.3, 0.4) is 0 Å². The first kappa shape index (κ1) is 25.7. The van der Waals surface area contributed by atoms with Crippen LogP contribution in [0.4, 0.5) is 0 Å². The van der Waals surface area contributed by atoms with Gasteiger partial charge in [-0.3, -0.25) is 0 Å². The van der Waals surface area contributed by atoms with Gasteiger partial charge in [0, 0.05) is 0 Å². The van der Waals surface area contributed by atoms with E-state index < -0.39 is 25.3 Å². The molecule has 0 aromatic rings. The van der Waals surface area contributed by atoms with E-state index in [1.807, 2.05) is 0 Å². The van der Waals surface area contributed by atoms with Crippen molar-refractivity contribution < 1.29 is 21.8 Å². The zero-order valence-electron chi connectivity index (χ0n) is 18.8. The topological polar surface area (TPSA) is 23.3 Å². The molecule has 0 aromatic heterocycles. The number of fused-ring (bicyclic) bond motifs is 5. The number of hydrogen-bond acceptors (Lipinski definition) is 1. The molecule has 3 aliphatic carbocycles. The fraction of sp³-hybridized carbons (Fsp3) is 0.955. The van der Waals surface area contributed by atoms with Crippen LogP contribution < -0.4 is 0 Å². The number of ether oxygens (including phenoxy) is 1. The summed E-state index contributed by atoms with van der Waals surface area (Å²) in [6, 6.07) is 0. The fourth-order valence-electron chi connectivity index (χ4n) is 7.38. The average Bonchev–Trinajstić information content (AvgIpc) is 3.07. The van der Waals surface area contributed by atoms with Crippen molar-refractivity contribution in [1.82, 2.24) is 0 Å². The Morgan fingerprint density at radius 1 is 0.893 bits per heavy atom. The summed E-state index contributed by atoms with van der Waals surface area (Å²) in [6.45, 7) is 12.0. The quantitative estimate of drug-likeness (QED) is 0.289. The molecule has 4 rings (SSSR count). The van der Waals surface area contributed by atoms with Gasteiger partial charge in [0.15, 0.2) is 0 Å². The molecule has 0 spiro atoms. The van der Waals surface area contributed by atoms with Crippen molar-refractivity contribution in [3.8, 4) is 0 Å². The van der Waals surface area contributed by atoms with Gasteiger partial charge in [-0.05, 0) is 48.5 Å². The molecule has 1 aliphatic heterocycles. The van der Waals surface area contributed by atoms with E-state index in [-0.39, 0.29) is 13.0 Å². The Morgan fingerprint density at radius 2 is 1.39 bits per heavy atom. The van der Waals surface area contributed by atoms with E-state index in [1.54, 1.807) is 0 Å². The normalized spacial score (nSPS) is 39.6. The second-order valence-electron chi connectivity index (χ2n) is 10.8. The molecule has 0 N–H and O–H groups in total. The van der Waals surface area contributed by atoms with Crippen molar-refractivity contribution in [2.24, 2.45) is 23.7 Å². The average molecular weight is 482 g/mol. The molecule has 7 unspecified atom stereocenters. The van der Waals surface area contributed by atoms with Crippen molar-refractivity contribution in [2.45, 2.75) is 109 Å². The molecule has 2 nitrogen and oxygen atoms in total. The molecular weight excluding hydrogens is 441 g/mol. The first-order valence-corrected chi connectivity index (χ1v) is 18.4. The maximum atomic E-state index is 6.87. The van der Waals surface area contributed by atoms with E-state index in [9.17, 15) is 0 Å². The number of hydrogen-bond donors (Lipinski definition) is 0. The van der Waals surface area contributed by atoms with Crippen LogP contribution >= 0.6 is 18.6 Å². The summed E-state index contributed by atoms with van der Waals surface area (Å²) in [4.78, 5) is 5.45. The van der Waals surface area contributed by atoms with Gasteiger partial charge in [0.05, 0.1) is 12.2 Å². The molecule has 3 saturated carbocycles. The Bertz CT molecular complexity index is 501. The molecule has 4 aliphatic rings. The zero-order valence-corrected chi connectivity index (χ0v) is 22.9. The Balaban J connectivity index is 0.000000660. The zero-order chi connectivity index (χ0) is 19.8. The third-order valence-corrected chi connectivity index (χ3v) is 11.2. The second-order valence-corrected chi connectivity index (χ2v) is 17.6. The van der Waals surface area contributed by atoms with Gasteiger partial charge in [0.1, 0.15) is 0 Å². The molecule has 28 heavy (non-hydrogen) atoms. The van der Waals surface area contributed by atoms with E-state index in [2.05, 4.69) is 33.9 Å². The molecule has 0 amide bonds. The molecule has 1 heterocycles. The third kappa shape index (κ3) is 5.43. The fourth-order valence-corrected chi connectivity index (χ4v) is 11.8. The van der Waals surface area contributed by atoms with Crippen LogP contribution in [0.1, 0.15) is 72.1 Å². The van der Waals surface area contributed by atoms with E-state index in [0.717, 1.165) is 29.2 Å². The van der Waals surface area contributed by atoms with Crippen LogP contribution in [0.15, 0.2) is 0 Å².